The van der Waals surface area contributed by atoms with Crippen molar-refractivity contribution in [2.75, 3.05) is 26.8 Å². The lowest BCUT2D eigenvalue weighted by Crippen LogP contribution is -2.38. The number of hydrogen-bond donors (Lipinski definition) is 0. The molecule has 0 N–H and O–H groups in total. The summed E-state index contributed by atoms with van der Waals surface area (Å²) < 4.78 is 10.2. The Balaban J connectivity index is 4.19. The highest BCUT2D eigenvalue weighted by atomic mass is 16.6. The van der Waals surface area contributed by atoms with Gasteiger partial charge in [-0.3, -0.25) is 4.90 Å². The Kier molecular flexibility index (Phi) is 6.59. The van der Waals surface area contributed by atoms with Crippen molar-refractivity contribution in [1.29, 1.82) is 0 Å². The van der Waals surface area contributed by atoms with Crippen LogP contribution >= 0.6 is 0 Å². The largest absolute Gasteiger partial charge is 0.444 e. The first kappa shape index (κ1) is 14.8. The van der Waals surface area contributed by atoms with Crippen molar-refractivity contribution >= 4 is 6.09 Å². The minimum absolute atomic E-state index is 0.263. The minimum atomic E-state index is -0.495. The van der Waals surface area contributed by atoms with E-state index in [2.05, 4.69) is 5.92 Å². The highest BCUT2D eigenvalue weighted by molar-refractivity contribution is 5.68. The summed E-state index contributed by atoms with van der Waals surface area (Å²) in [6.07, 6.45) is 5.58. The van der Waals surface area contributed by atoms with Crippen molar-refractivity contribution in [3.05, 3.63) is 0 Å². The first-order valence-electron chi connectivity index (χ1n) is 5.31. The Hall–Kier alpha value is -1.21. The molecule has 0 radical (unpaired) electrons. The van der Waals surface area contributed by atoms with Gasteiger partial charge in [-0.2, -0.15) is 0 Å². The standard InChI is InChI=1S/C12H21NO3/c1-6-8-13(9-7-10-15-5)11(14)16-12(2,3)4/h1H,7-10H2,2-5H3. The van der Waals surface area contributed by atoms with Gasteiger partial charge < -0.3 is 9.47 Å². The molecule has 0 atom stereocenters. The Bertz CT molecular complexity index is 250. The summed E-state index contributed by atoms with van der Waals surface area (Å²) in [6.45, 7) is 6.89. The van der Waals surface area contributed by atoms with Crippen LogP contribution in [0.4, 0.5) is 4.79 Å². The molecule has 4 heteroatoms. The van der Waals surface area contributed by atoms with Crippen LogP contribution in [0, 0.1) is 12.3 Å². The fourth-order valence-corrected chi connectivity index (χ4v) is 1.07. The van der Waals surface area contributed by atoms with Gasteiger partial charge in [0.1, 0.15) is 5.60 Å². The first-order chi connectivity index (χ1) is 7.40. The molecule has 0 spiro atoms. The summed E-state index contributed by atoms with van der Waals surface area (Å²) in [7, 11) is 1.62. The Morgan fingerprint density at radius 1 is 1.44 bits per heavy atom. The molecule has 0 fully saturated rings. The second-order valence-corrected chi connectivity index (χ2v) is 4.45. The SMILES string of the molecule is C#CCN(CCCOC)C(=O)OC(C)(C)C. The van der Waals surface area contributed by atoms with E-state index in [0.717, 1.165) is 6.42 Å². The van der Waals surface area contributed by atoms with Crippen LogP contribution in [-0.2, 0) is 9.47 Å². The highest BCUT2D eigenvalue weighted by Crippen LogP contribution is 2.09. The van der Waals surface area contributed by atoms with E-state index in [1.807, 2.05) is 20.8 Å². The third kappa shape index (κ3) is 7.13. The monoisotopic (exact) mass is 227 g/mol. The van der Waals surface area contributed by atoms with Gasteiger partial charge >= 0.3 is 6.09 Å². The minimum Gasteiger partial charge on any atom is -0.444 e. The zero-order valence-electron chi connectivity index (χ0n) is 10.6. The van der Waals surface area contributed by atoms with Crippen LogP contribution in [0.3, 0.4) is 0 Å². The van der Waals surface area contributed by atoms with Gasteiger partial charge in [-0.15, -0.1) is 6.42 Å². The lowest BCUT2D eigenvalue weighted by molar-refractivity contribution is 0.0262. The maximum Gasteiger partial charge on any atom is 0.411 e. The maximum atomic E-state index is 11.7. The first-order valence-corrected chi connectivity index (χ1v) is 5.31. The lowest BCUT2D eigenvalue weighted by Gasteiger charge is -2.26. The van der Waals surface area contributed by atoms with E-state index in [1.54, 1.807) is 7.11 Å². The van der Waals surface area contributed by atoms with Gasteiger partial charge in [-0.1, -0.05) is 5.92 Å². The van der Waals surface area contributed by atoms with Gasteiger partial charge in [0, 0.05) is 20.3 Å². The molecule has 0 saturated carbocycles. The quantitative estimate of drug-likeness (QED) is 0.532. The summed E-state index contributed by atoms with van der Waals surface area (Å²) in [5, 5.41) is 0. The Morgan fingerprint density at radius 2 is 2.06 bits per heavy atom. The normalized spacial score (nSPS) is 10.7. The van der Waals surface area contributed by atoms with E-state index in [9.17, 15) is 4.79 Å². The second-order valence-electron chi connectivity index (χ2n) is 4.45. The summed E-state index contributed by atoms with van der Waals surface area (Å²) in [6, 6.07) is 0. The van der Waals surface area contributed by atoms with E-state index in [1.165, 1.54) is 4.90 Å². The molecule has 92 valence electrons. The molecular formula is C12H21NO3. The van der Waals surface area contributed by atoms with Crippen molar-refractivity contribution in [3.8, 4) is 12.3 Å². The van der Waals surface area contributed by atoms with E-state index in [4.69, 9.17) is 15.9 Å². The van der Waals surface area contributed by atoms with Crippen molar-refractivity contribution < 1.29 is 14.3 Å². The van der Waals surface area contributed by atoms with E-state index in [-0.39, 0.29) is 12.6 Å². The summed E-state index contributed by atoms with van der Waals surface area (Å²) in [5.74, 6) is 2.45. The Labute approximate surface area is 97.9 Å². The Morgan fingerprint density at radius 3 is 2.50 bits per heavy atom. The van der Waals surface area contributed by atoms with Crippen molar-refractivity contribution in [2.45, 2.75) is 32.8 Å². The van der Waals surface area contributed by atoms with E-state index < -0.39 is 5.60 Å². The van der Waals surface area contributed by atoms with Crippen molar-refractivity contribution in [1.82, 2.24) is 4.90 Å². The molecule has 0 aliphatic rings. The van der Waals surface area contributed by atoms with Crippen LogP contribution in [0.1, 0.15) is 27.2 Å². The van der Waals surface area contributed by atoms with Crippen LogP contribution < -0.4 is 0 Å². The number of rotatable bonds is 5. The van der Waals surface area contributed by atoms with Crippen molar-refractivity contribution in [2.24, 2.45) is 0 Å². The number of methoxy groups -OCH3 is 1. The summed E-state index contributed by atoms with van der Waals surface area (Å²) >= 11 is 0. The average Bonchev–Trinajstić information content (AvgIpc) is 2.14. The molecule has 0 saturated heterocycles. The number of ether oxygens (including phenoxy) is 2. The van der Waals surface area contributed by atoms with Gasteiger partial charge in [-0.25, -0.2) is 4.79 Å². The molecule has 4 nitrogen and oxygen atoms in total. The molecule has 0 aromatic rings. The molecule has 0 unspecified atom stereocenters. The predicted octanol–water partition coefficient (Wildman–Crippen LogP) is 1.89. The van der Waals surface area contributed by atoms with Gasteiger partial charge in [0.25, 0.3) is 0 Å². The van der Waals surface area contributed by atoms with E-state index >= 15 is 0 Å². The third-order valence-corrected chi connectivity index (χ3v) is 1.71. The van der Waals surface area contributed by atoms with Gasteiger partial charge in [-0.05, 0) is 27.2 Å². The molecule has 0 aliphatic carbocycles. The smallest absolute Gasteiger partial charge is 0.411 e. The maximum absolute atomic E-state index is 11.7. The van der Waals surface area contributed by atoms with Crippen LogP contribution in [0.5, 0.6) is 0 Å². The third-order valence-electron chi connectivity index (χ3n) is 1.71. The molecule has 0 heterocycles. The van der Waals surface area contributed by atoms with Gasteiger partial charge in [0.15, 0.2) is 0 Å². The van der Waals surface area contributed by atoms with Crippen LogP contribution in [0.2, 0.25) is 0 Å². The number of carbonyl (C=O) groups is 1. The fourth-order valence-electron chi connectivity index (χ4n) is 1.07. The zero-order chi connectivity index (χ0) is 12.6. The molecule has 0 aromatic carbocycles. The molecule has 1 amide bonds. The van der Waals surface area contributed by atoms with Crippen LogP contribution in [0.25, 0.3) is 0 Å². The molecule has 0 rings (SSSR count). The van der Waals surface area contributed by atoms with Crippen LogP contribution in [0.15, 0.2) is 0 Å². The van der Waals surface area contributed by atoms with Crippen molar-refractivity contribution in [3.63, 3.8) is 0 Å². The molecular weight excluding hydrogens is 206 g/mol. The topological polar surface area (TPSA) is 38.8 Å². The average molecular weight is 227 g/mol. The summed E-state index contributed by atoms with van der Waals surface area (Å²) in [4.78, 5) is 13.2. The molecule has 16 heavy (non-hydrogen) atoms. The predicted molar refractivity (Wildman–Crippen MR) is 63.1 cm³/mol. The fraction of sp³-hybridized carbons (Fsp3) is 0.750. The summed E-state index contributed by atoms with van der Waals surface area (Å²) in [5.41, 5.74) is -0.495. The highest BCUT2D eigenvalue weighted by Gasteiger charge is 2.20. The zero-order valence-corrected chi connectivity index (χ0v) is 10.6. The number of hydrogen-bond acceptors (Lipinski definition) is 3. The number of carbonyl (C=O) groups excluding carboxylic acids is 1. The molecule has 0 aliphatic heterocycles. The number of nitrogens with zero attached hydrogens (tertiary/aromatic N) is 1. The van der Waals surface area contributed by atoms with Gasteiger partial charge in [0.2, 0.25) is 0 Å². The van der Waals surface area contributed by atoms with E-state index in [0.29, 0.717) is 13.2 Å². The molecule has 0 bridgehead atoms. The van der Waals surface area contributed by atoms with Gasteiger partial charge in [0.05, 0.1) is 6.54 Å². The second kappa shape index (κ2) is 7.13. The lowest BCUT2D eigenvalue weighted by atomic mass is 10.2. The molecule has 0 aromatic heterocycles. The number of amides is 1. The number of terminal acetylenes is 1. The van der Waals surface area contributed by atoms with Crippen LogP contribution in [-0.4, -0.2) is 43.4 Å².